The number of aryl methyl sites for hydroxylation is 1. The van der Waals surface area contributed by atoms with E-state index in [1.165, 1.54) is 36.9 Å². The van der Waals surface area contributed by atoms with Gasteiger partial charge in [-0.1, -0.05) is 6.07 Å². The van der Waals surface area contributed by atoms with E-state index in [2.05, 4.69) is 37.6 Å². The molecule has 4 heterocycles. The Hall–Kier alpha value is -3.44. The fourth-order valence-corrected chi connectivity index (χ4v) is 6.64. The van der Waals surface area contributed by atoms with E-state index in [1.54, 1.807) is 12.1 Å². The molecule has 1 amide bonds. The quantitative estimate of drug-likeness (QED) is 0.281. The van der Waals surface area contributed by atoms with Crippen molar-refractivity contribution in [2.24, 2.45) is 5.92 Å². The lowest BCUT2D eigenvalue weighted by atomic mass is 9.96. The molecule has 3 aliphatic rings. The Bertz CT molecular complexity index is 1380. The molecule has 0 unspecified atom stereocenters. The summed E-state index contributed by atoms with van der Waals surface area (Å²) in [6.45, 7) is 10.2. The molecule has 0 aliphatic carbocycles. The summed E-state index contributed by atoms with van der Waals surface area (Å²) in [7, 11) is 0. The maximum atomic E-state index is 12.8. The maximum absolute atomic E-state index is 12.8. The summed E-state index contributed by atoms with van der Waals surface area (Å²) in [6, 6.07) is 13.5. The van der Waals surface area contributed by atoms with Crippen molar-refractivity contribution in [2.45, 2.75) is 64.4 Å². The van der Waals surface area contributed by atoms with Crippen LogP contribution in [0.15, 0.2) is 53.3 Å². The number of carbonyl (C=O) groups is 1. The molecule has 0 radical (unpaired) electrons. The average molecular weight is 618 g/mol. The number of piperidine rings is 2. The minimum absolute atomic E-state index is 0.191. The number of ether oxygens (including phenoxy) is 2. The van der Waals surface area contributed by atoms with E-state index < -0.39 is 6.10 Å². The number of aliphatic hydroxyl groups is 1. The second-order valence-corrected chi connectivity index (χ2v) is 12.8. The van der Waals surface area contributed by atoms with Crippen LogP contribution < -0.4 is 20.1 Å². The van der Waals surface area contributed by atoms with Crippen LogP contribution in [0.5, 0.6) is 11.5 Å². The minimum atomic E-state index is -0.661. The summed E-state index contributed by atoms with van der Waals surface area (Å²) >= 11 is 0. The second-order valence-electron chi connectivity index (χ2n) is 12.8. The number of likely N-dealkylation sites (tertiary alicyclic amines) is 1. The highest BCUT2D eigenvalue weighted by molar-refractivity contribution is 5.94. The SMILES string of the molecule is Cc1ncoc1COc1ccc2c(c1)CCN(C[C@@H](O)CNC(=O)c1ccc(OC3CCN(CC4CCNCC4)CC3)cc1)C2. The third-order valence-electron chi connectivity index (χ3n) is 9.38. The minimum Gasteiger partial charge on any atom is -0.490 e. The van der Waals surface area contributed by atoms with E-state index in [0.29, 0.717) is 18.7 Å². The van der Waals surface area contributed by atoms with Crippen LogP contribution in [-0.2, 0) is 19.6 Å². The number of amides is 1. The van der Waals surface area contributed by atoms with Crippen LogP contribution in [0.4, 0.5) is 0 Å². The van der Waals surface area contributed by atoms with E-state index in [4.69, 9.17) is 13.9 Å². The average Bonchev–Trinajstić information content (AvgIpc) is 3.48. The first-order chi connectivity index (χ1) is 22.0. The number of hydrogen-bond donors (Lipinski definition) is 3. The summed E-state index contributed by atoms with van der Waals surface area (Å²) in [5, 5.41) is 17.0. The van der Waals surface area contributed by atoms with Crippen molar-refractivity contribution in [1.29, 1.82) is 0 Å². The first-order valence-corrected chi connectivity index (χ1v) is 16.5. The number of fused-ring (bicyclic) bond motifs is 1. The Morgan fingerprint density at radius 3 is 2.58 bits per heavy atom. The molecule has 10 heteroatoms. The number of benzene rings is 2. The summed E-state index contributed by atoms with van der Waals surface area (Å²) < 4.78 is 17.5. The van der Waals surface area contributed by atoms with Gasteiger partial charge in [0.2, 0.25) is 0 Å². The van der Waals surface area contributed by atoms with Crippen LogP contribution in [0.25, 0.3) is 0 Å². The molecule has 3 aliphatic heterocycles. The zero-order valence-electron chi connectivity index (χ0n) is 26.4. The Morgan fingerprint density at radius 1 is 1.04 bits per heavy atom. The van der Waals surface area contributed by atoms with Crippen LogP contribution in [0, 0.1) is 12.8 Å². The van der Waals surface area contributed by atoms with Crippen molar-refractivity contribution in [3.8, 4) is 11.5 Å². The number of hydrogen-bond acceptors (Lipinski definition) is 9. The highest BCUT2D eigenvalue weighted by Crippen LogP contribution is 2.25. The lowest BCUT2D eigenvalue weighted by Crippen LogP contribution is -2.42. The topological polar surface area (TPSA) is 112 Å². The molecule has 2 saturated heterocycles. The second kappa shape index (κ2) is 15.2. The molecule has 3 N–H and O–H groups in total. The molecule has 10 nitrogen and oxygen atoms in total. The highest BCUT2D eigenvalue weighted by atomic mass is 16.5. The third-order valence-corrected chi connectivity index (χ3v) is 9.38. The summed E-state index contributed by atoms with van der Waals surface area (Å²) in [6.07, 6.45) is 6.51. The Kier molecular flexibility index (Phi) is 10.7. The molecule has 3 aromatic rings. The van der Waals surface area contributed by atoms with Gasteiger partial charge in [-0.3, -0.25) is 9.69 Å². The van der Waals surface area contributed by atoms with Crippen molar-refractivity contribution in [3.05, 3.63) is 77.0 Å². The maximum Gasteiger partial charge on any atom is 0.251 e. The molecule has 45 heavy (non-hydrogen) atoms. The fraction of sp³-hybridized carbons (Fsp3) is 0.543. The lowest BCUT2D eigenvalue weighted by Gasteiger charge is -2.35. The van der Waals surface area contributed by atoms with Gasteiger partial charge >= 0.3 is 0 Å². The first-order valence-electron chi connectivity index (χ1n) is 16.5. The fourth-order valence-electron chi connectivity index (χ4n) is 6.64. The lowest BCUT2D eigenvalue weighted by molar-refractivity contribution is 0.0840. The van der Waals surface area contributed by atoms with E-state index >= 15 is 0 Å². The van der Waals surface area contributed by atoms with Gasteiger partial charge in [-0.2, -0.15) is 0 Å². The van der Waals surface area contributed by atoms with Crippen LogP contribution in [0.3, 0.4) is 0 Å². The summed E-state index contributed by atoms with van der Waals surface area (Å²) in [5.74, 6) is 2.98. The van der Waals surface area contributed by atoms with Crippen molar-refractivity contribution >= 4 is 5.91 Å². The normalized spacial score (nSPS) is 19.2. The molecule has 1 aromatic heterocycles. The zero-order chi connectivity index (χ0) is 31.0. The molecule has 1 atom stereocenters. The molecule has 0 spiro atoms. The summed E-state index contributed by atoms with van der Waals surface area (Å²) in [4.78, 5) is 21.7. The van der Waals surface area contributed by atoms with Gasteiger partial charge in [-0.05, 0) is 106 Å². The van der Waals surface area contributed by atoms with E-state index in [-0.39, 0.29) is 18.6 Å². The third kappa shape index (κ3) is 8.85. The predicted molar refractivity (Wildman–Crippen MR) is 171 cm³/mol. The molecule has 0 bridgehead atoms. The van der Waals surface area contributed by atoms with Crippen LogP contribution >= 0.6 is 0 Å². The number of β-amino-alcohol motifs (C(OH)–C–C–N with tert-alkyl or cyclic N) is 1. The highest BCUT2D eigenvalue weighted by Gasteiger charge is 2.24. The number of aliphatic hydroxyl groups excluding tert-OH is 1. The van der Waals surface area contributed by atoms with Crippen molar-refractivity contribution in [3.63, 3.8) is 0 Å². The predicted octanol–water partition coefficient (Wildman–Crippen LogP) is 3.55. The molecule has 242 valence electrons. The number of nitrogens with one attached hydrogen (secondary N) is 2. The molecule has 2 aromatic carbocycles. The van der Waals surface area contributed by atoms with Gasteiger partial charge in [0.25, 0.3) is 5.91 Å². The number of nitrogens with zero attached hydrogens (tertiary/aromatic N) is 3. The largest absolute Gasteiger partial charge is 0.490 e. The van der Waals surface area contributed by atoms with Crippen molar-refractivity contribution < 1.29 is 23.8 Å². The zero-order valence-corrected chi connectivity index (χ0v) is 26.4. The van der Waals surface area contributed by atoms with Crippen molar-refractivity contribution in [1.82, 2.24) is 25.4 Å². The van der Waals surface area contributed by atoms with Gasteiger partial charge in [-0.25, -0.2) is 4.98 Å². The molecular formula is C35H47N5O5. The molecule has 2 fully saturated rings. The van der Waals surface area contributed by atoms with Crippen LogP contribution in [0.1, 0.15) is 58.6 Å². The van der Waals surface area contributed by atoms with Gasteiger partial charge in [0.15, 0.2) is 12.2 Å². The van der Waals surface area contributed by atoms with Gasteiger partial charge in [0.1, 0.15) is 24.2 Å². The standard InChI is InChI=1S/C35H47N5O5/c1-25-34(44-24-38-25)23-43-33-7-4-29-21-40(15-10-28(29)18-33)22-30(41)19-37-35(42)27-2-5-31(6-3-27)45-32-11-16-39(17-12-32)20-26-8-13-36-14-9-26/h2-7,18,24,26,30,32,36,41H,8-17,19-23H2,1H3,(H,37,42)/t30-/m0/s1. The van der Waals surface area contributed by atoms with E-state index in [0.717, 1.165) is 87.4 Å². The Balaban J connectivity index is 0.887. The van der Waals surface area contributed by atoms with E-state index in [9.17, 15) is 9.90 Å². The Labute approximate surface area is 266 Å². The van der Waals surface area contributed by atoms with Crippen molar-refractivity contribution in [2.75, 3.05) is 52.4 Å². The molecule has 0 saturated carbocycles. The van der Waals surface area contributed by atoms with Gasteiger partial charge in [0, 0.05) is 51.4 Å². The van der Waals surface area contributed by atoms with Crippen LogP contribution in [0.2, 0.25) is 0 Å². The van der Waals surface area contributed by atoms with Gasteiger partial charge in [0.05, 0.1) is 11.8 Å². The van der Waals surface area contributed by atoms with Gasteiger partial charge in [-0.15, -0.1) is 0 Å². The molecular weight excluding hydrogens is 570 g/mol. The summed E-state index contributed by atoms with van der Waals surface area (Å²) in [5.41, 5.74) is 3.89. The number of oxazole rings is 1. The van der Waals surface area contributed by atoms with Gasteiger partial charge < -0.3 is 34.5 Å². The smallest absolute Gasteiger partial charge is 0.251 e. The monoisotopic (exact) mass is 617 g/mol. The number of aromatic nitrogens is 1. The van der Waals surface area contributed by atoms with Crippen LogP contribution in [-0.4, -0.2) is 90.4 Å². The number of rotatable bonds is 12. The Morgan fingerprint density at radius 2 is 1.82 bits per heavy atom. The molecule has 6 rings (SSSR count). The first kappa shape index (κ1) is 31.5. The number of carbonyl (C=O) groups excluding carboxylic acids is 1. The van der Waals surface area contributed by atoms with E-state index in [1.807, 2.05) is 25.1 Å².